The second-order valence-corrected chi connectivity index (χ2v) is 7.77. The van der Waals surface area contributed by atoms with Crippen LogP contribution in [-0.4, -0.2) is 76.0 Å². The monoisotopic (exact) mass is 389 g/mol. The molecule has 1 aliphatic heterocycles. The zero-order valence-electron chi connectivity index (χ0n) is 15.9. The smallest absolute Gasteiger partial charge is 0.233 e. The Morgan fingerprint density at radius 3 is 2.63 bits per heavy atom. The highest BCUT2D eigenvalue weighted by atomic mass is 32.2. The Balaban J connectivity index is 1.33. The van der Waals surface area contributed by atoms with Gasteiger partial charge in [-0.1, -0.05) is 43.8 Å². The van der Waals surface area contributed by atoms with Crippen molar-refractivity contribution in [3.63, 3.8) is 0 Å². The second-order valence-electron chi connectivity index (χ2n) is 6.83. The van der Waals surface area contributed by atoms with E-state index in [1.165, 1.54) is 11.8 Å². The molecule has 3 rings (SSSR count). The van der Waals surface area contributed by atoms with E-state index in [0.29, 0.717) is 23.4 Å². The summed E-state index contributed by atoms with van der Waals surface area (Å²) >= 11 is 1.39. The highest BCUT2D eigenvalue weighted by molar-refractivity contribution is 7.99. The van der Waals surface area contributed by atoms with Crippen LogP contribution < -0.4 is 4.74 Å². The number of nitrogens with one attached hydrogen (secondary N) is 1. The molecule has 27 heavy (non-hydrogen) atoms. The molecule has 0 spiro atoms. The first-order chi connectivity index (χ1) is 13.1. The summed E-state index contributed by atoms with van der Waals surface area (Å²) in [5.74, 6) is 2.59. The lowest BCUT2D eigenvalue weighted by Crippen LogP contribution is -2.50. The fraction of sp³-hybridized carbons (Fsp3) is 0.526. The van der Waals surface area contributed by atoms with Gasteiger partial charge in [-0.2, -0.15) is 0 Å². The highest BCUT2D eigenvalue weighted by Crippen LogP contribution is 2.17. The molecule has 1 aromatic heterocycles. The Morgan fingerprint density at radius 1 is 1.22 bits per heavy atom. The Labute approximate surface area is 164 Å². The van der Waals surface area contributed by atoms with Crippen LogP contribution in [0.25, 0.3) is 0 Å². The van der Waals surface area contributed by atoms with Crippen LogP contribution in [-0.2, 0) is 4.79 Å². The van der Waals surface area contributed by atoms with Gasteiger partial charge in [0.2, 0.25) is 11.1 Å². The van der Waals surface area contributed by atoms with E-state index in [0.717, 1.165) is 44.3 Å². The molecule has 0 radical (unpaired) electrons. The first-order valence-corrected chi connectivity index (χ1v) is 10.3. The lowest BCUT2D eigenvalue weighted by atomic mass is 10.2. The predicted octanol–water partition coefficient (Wildman–Crippen LogP) is 2.24. The summed E-state index contributed by atoms with van der Waals surface area (Å²) in [6.07, 6.45) is 0. The normalized spacial score (nSPS) is 15.3. The van der Waals surface area contributed by atoms with E-state index in [2.05, 4.69) is 33.9 Å². The average molecular weight is 390 g/mol. The topological polar surface area (TPSA) is 74.3 Å². The van der Waals surface area contributed by atoms with Gasteiger partial charge in [0.25, 0.3) is 0 Å². The average Bonchev–Trinajstić information content (AvgIpc) is 3.17. The first kappa shape index (κ1) is 19.7. The zero-order valence-corrected chi connectivity index (χ0v) is 16.7. The largest absolute Gasteiger partial charge is 0.492 e. The molecule has 8 heteroatoms. The predicted molar refractivity (Wildman–Crippen MR) is 106 cm³/mol. The summed E-state index contributed by atoms with van der Waals surface area (Å²) in [6.45, 7) is 8.94. The standard InChI is InChI=1S/C19H27N5O2S/c1-15(2)18-20-19(22-21-18)27-14-17(25)24-10-8-23(9-11-24)12-13-26-16-6-4-3-5-7-16/h3-7,15H,8-14H2,1-2H3,(H,20,21,22). The summed E-state index contributed by atoms with van der Waals surface area (Å²) < 4.78 is 5.75. The number of piperazine rings is 1. The van der Waals surface area contributed by atoms with Crippen LogP contribution >= 0.6 is 11.8 Å². The summed E-state index contributed by atoms with van der Waals surface area (Å²) in [7, 11) is 0. The van der Waals surface area contributed by atoms with Gasteiger partial charge in [-0.3, -0.25) is 14.8 Å². The number of nitrogens with zero attached hydrogens (tertiary/aromatic N) is 4. The molecule has 0 saturated carbocycles. The van der Waals surface area contributed by atoms with Gasteiger partial charge in [-0.05, 0) is 12.1 Å². The lowest BCUT2D eigenvalue weighted by molar-refractivity contribution is -0.130. The zero-order chi connectivity index (χ0) is 19.1. The molecule has 1 amide bonds. The highest BCUT2D eigenvalue weighted by Gasteiger charge is 2.21. The number of para-hydroxylation sites is 1. The maximum absolute atomic E-state index is 12.4. The molecule has 1 fully saturated rings. The Morgan fingerprint density at radius 2 is 1.96 bits per heavy atom. The molecule has 1 saturated heterocycles. The van der Waals surface area contributed by atoms with E-state index in [1.807, 2.05) is 35.2 Å². The van der Waals surface area contributed by atoms with Crippen molar-refractivity contribution in [3.05, 3.63) is 36.2 Å². The van der Waals surface area contributed by atoms with Crippen LogP contribution in [0, 0.1) is 0 Å². The summed E-state index contributed by atoms with van der Waals surface area (Å²) in [5, 5.41) is 7.72. The van der Waals surface area contributed by atoms with Gasteiger partial charge in [-0.25, -0.2) is 4.98 Å². The lowest BCUT2D eigenvalue weighted by Gasteiger charge is -2.34. The minimum atomic E-state index is 0.149. The molecule has 2 heterocycles. The van der Waals surface area contributed by atoms with Gasteiger partial charge < -0.3 is 9.64 Å². The van der Waals surface area contributed by atoms with E-state index < -0.39 is 0 Å². The third kappa shape index (κ3) is 5.97. The van der Waals surface area contributed by atoms with E-state index in [4.69, 9.17) is 4.74 Å². The number of aromatic nitrogens is 3. The van der Waals surface area contributed by atoms with E-state index >= 15 is 0 Å². The minimum absolute atomic E-state index is 0.149. The molecule has 7 nitrogen and oxygen atoms in total. The number of amides is 1. The van der Waals surface area contributed by atoms with Gasteiger partial charge in [0.15, 0.2) is 0 Å². The van der Waals surface area contributed by atoms with Gasteiger partial charge in [0.1, 0.15) is 18.2 Å². The molecule has 1 aromatic carbocycles. The van der Waals surface area contributed by atoms with E-state index in [9.17, 15) is 4.79 Å². The molecule has 0 aliphatic carbocycles. The summed E-state index contributed by atoms with van der Waals surface area (Å²) in [6, 6.07) is 9.85. The number of hydrogen-bond donors (Lipinski definition) is 1. The maximum Gasteiger partial charge on any atom is 0.233 e. The number of thioether (sulfide) groups is 1. The third-order valence-electron chi connectivity index (χ3n) is 4.50. The minimum Gasteiger partial charge on any atom is -0.492 e. The number of rotatable bonds is 8. The van der Waals surface area contributed by atoms with Crippen molar-refractivity contribution in [2.24, 2.45) is 0 Å². The fourth-order valence-corrected chi connectivity index (χ4v) is 3.54. The van der Waals surface area contributed by atoms with Crippen LogP contribution in [0.2, 0.25) is 0 Å². The molecule has 0 bridgehead atoms. The van der Waals surface area contributed by atoms with Gasteiger partial charge in [0.05, 0.1) is 5.75 Å². The molecule has 146 valence electrons. The number of carbonyl (C=O) groups is 1. The number of benzene rings is 1. The van der Waals surface area contributed by atoms with Gasteiger partial charge >= 0.3 is 0 Å². The van der Waals surface area contributed by atoms with Crippen LogP contribution in [0.15, 0.2) is 35.5 Å². The van der Waals surface area contributed by atoms with Gasteiger partial charge in [0, 0.05) is 38.6 Å². The Kier molecular flexibility index (Phi) is 7.11. The van der Waals surface area contributed by atoms with E-state index in [1.54, 1.807) is 0 Å². The first-order valence-electron chi connectivity index (χ1n) is 9.35. The quantitative estimate of drug-likeness (QED) is 0.698. The van der Waals surface area contributed by atoms with Crippen molar-refractivity contribution in [2.45, 2.75) is 24.9 Å². The molecule has 2 aromatic rings. The fourth-order valence-electron chi connectivity index (χ4n) is 2.83. The van der Waals surface area contributed by atoms with Crippen molar-refractivity contribution in [1.29, 1.82) is 0 Å². The number of H-pyrrole nitrogens is 1. The second kappa shape index (κ2) is 9.75. The van der Waals surface area contributed by atoms with Crippen molar-refractivity contribution < 1.29 is 9.53 Å². The SMILES string of the molecule is CC(C)c1nc(SCC(=O)N2CCN(CCOc3ccccc3)CC2)n[nH]1. The van der Waals surface area contributed by atoms with Crippen LogP contribution in [0.5, 0.6) is 5.75 Å². The maximum atomic E-state index is 12.4. The number of ether oxygens (including phenoxy) is 1. The van der Waals surface area contributed by atoms with Gasteiger partial charge in [-0.15, -0.1) is 5.10 Å². The molecular formula is C19H27N5O2S. The Bertz CT molecular complexity index is 714. The van der Waals surface area contributed by atoms with Crippen LogP contribution in [0.1, 0.15) is 25.6 Å². The van der Waals surface area contributed by atoms with Crippen molar-refractivity contribution in [3.8, 4) is 5.75 Å². The van der Waals surface area contributed by atoms with Crippen molar-refractivity contribution in [1.82, 2.24) is 25.0 Å². The third-order valence-corrected chi connectivity index (χ3v) is 5.33. The van der Waals surface area contributed by atoms with Crippen LogP contribution in [0.3, 0.4) is 0 Å². The summed E-state index contributed by atoms with van der Waals surface area (Å²) in [4.78, 5) is 21.1. The molecule has 0 unspecified atom stereocenters. The number of aromatic amines is 1. The molecular weight excluding hydrogens is 362 g/mol. The van der Waals surface area contributed by atoms with Crippen LogP contribution in [0.4, 0.5) is 0 Å². The number of carbonyl (C=O) groups excluding carboxylic acids is 1. The molecule has 0 atom stereocenters. The van der Waals surface area contributed by atoms with E-state index in [-0.39, 0.29) is 5.91 Å². The molecule has 1 aliphatic rings. The Hall–Kier alpha value is -2.06. The molecule has 1 N–H and O–H groups in total. The van der Waals surface area contributed by atoms with Crippen molar-refractivity contribution >= 4 is 17.7 Å². The van der Waals surface area contributed by atoms with Crippen molar-refractivity contribution in [2.75, 3.05) is 45.1 Å². The summed E-state index contributed by atoms with van der Waals surface area (Å²) in [5.41, 5.74) is 0. The number of hydrogen-bond acceptors (Lipinski definition) is 6.